The first-order chi connectivity index (χ1) is 11.6. The summed E-state index contributed by atoms with van der Waals surface area (Å²) in [6.07, 6.45) is 0.997. The number of amides is 1. The summed E-state index contributed by atoms with van der Waals surface area (Å²) in [5.41, 5.74) is 0.852. The van der Waals surface area contributed by atoms with E-state index in [-0.39, 0.29) is 5.91 Å². The first-order valence-corrected chi connectivity index (χ1v) is 9.46. The number of hydrogen-bond donors (Lipinski definition) is 0. The molecule has 0 N–H and O–H groups in total. The van der Waals surface area contributed by atoms with Gasteiger partial charge in [0.1, 0.15) is 4.88 Å². The number of carbonyl (C=O) groups excluding carboxylic acids is 1. The van der Waals surface area contributed by atoms with Crippen LogP contribution in [0.1, 0.15) is 26.8 Å². The summed E-state index contributed by atoms with van der Waals surface area (Å²) < 4.78 is 11.0. The highest BCUT2D eigenvalue weighted by atomic mass is 32.1. The molecule has 2 aliphatic rings. The summed E-state index contributed by atoms with van der Waals surface area (Å²) in [5, 5.41) is 0.954. The predicted octanol–water partition coefficient (Wildman–Crippen LogP) is 1.57. The van der Waals surface area contributed by atoms with Crippen molar-refractivity contribution in [2.75, 3.05) is 53.1 Å². The minimum atomic E-state index is 0.133. The average Bonchev–Trinajstić information content (AvgIpc) is 2.80. The number of thiazole rings is 1. The Kier molecular flexibility index (Phi) is 5.86. The first kappa shape index (κ1) is 17.8. The van der Waals surface area contributed by atoms with E-state index in [0.29, 0.717) is 18.6 Å². The molecule has 0 aliphatic carbocycles. The number of aromatic nitrogens is 1. The quantitative estimate of drug-likeness (QED) is 0.822. The van der Waals surface area contributed by atoms with Crippen molar-refractivity contribution in [1.29, 1.82) is 0 Å². The fraction of sp³-hybridized carbons (Fsp3) is 0.765. The van der Waals surface area contributed by atoms with Crippen molar-refractivity contribution in [2.24, 2.45) is 5.92 Å². The Labute approximate surface area is 147 Å². The van der Waals surface area contributed by atoms with Crippen molar-refractivity contribution < 1.29 is 14.3 Å². The molecule has 2 saturated heterocycles. The third-order valence-electron chi connectivity index (χ3n) is 5.01. The van der Waals surface area contributed by atoms with Crippen LogP contribution < -0.4 is 0 Å². The van der Waals surface area contributed by atoms with Crippen LogP contribution in [-0.2, 0) is 9.47 Å². The number of likely N-dealkylation sites (tertiary alicyclic amines) is 1. The fourth-order valence-electron chi connectivity index (χ4n) is 3.71. The zero-order valence-electron chi connectivity index (χ0n) is 14.8. The lowest BCUT2D eigenvalue weighted by Gasteiger charge is -2.42. The van der Waals surface area contributed by atoms with Crippen LogP contribution >= 0.6 is 11.3 Å². The number of fused-ring (bicyclic) bond motifs is 1. The molecule has 7 heteroatoms. The van der Waals surface area contributed by atoms with Gasteiger partial charge < -0.3 is 14.4 Å². The SMILES string of the molecule is COCCN1CCOC[C@H]2CCN(C(=O)c3sc(C)nc3C)C[C@H]21. The third kappa shape index (κ3) is 3.79. The van der Waals surface area contributed by atoms with E-state index in [1.165, 1.54) is 11.3 Å². The van der Waals surface area contributed by atoms with Gasteiger partial charge in [0.25, 0.3) is 5.91 Å². The molecule has 3 rings (SSSR count). The van der Waals surface area contributed by atoms with Gasteiger partial charge in [-0.3, -0.25) is 9.69 Å². The second-order valence-electron chi connectivity index (χ2n) is 6.62. The minimum absolute atomic E-state index is 0.133. The van der Waals surface area contributed by atoms with Gasteiger partial charge in [0, 0.05) is 45.2 Å². The number of carbonyl (C=O) groups is 1. The molecular formula is C17H27N3O3S. The summed E-state index contributed by atoms with van der Waals surface area (Å²) in [5.74, 6) is 0.631. The molecule has 0 saturated carbocycles. The van der Waals surface area contributed by atoms with Crippen LogP contribution in [0.25, 0.3) is 0 Å². The van der Waals surface area contributed by atoms with E-state index in [4.69, 9.17) is 9.47 Å². The molecule has 1 amide bonds. The van der Waals surface area contributed by atoms with Gasteiger partial charge >= 0.3 is 0 Å². The molecule has 1 aromatic heterocycles. The van der Waals surface area contributed by atoms with Crippen LogP contribution in [-0.4, -0.2) is 79.8 Å². The summed E-state index contributed by atoms with van der Waals surface area (Å²) in [6.45, 7) is 9.53. The number of methoxy groups -OCH3 is 1. The zero-order chi connectivity index (χ0) is 17.1. The van der Waals surface area contributed by atoms with Crippen molar-refractivity contribution in [2.45, 2.75) is 26.3 Å². The second-order valence-corrected chi connectivity index (χ2v) is 7.82. The number of rotatable bonds is 4. The van der Waals surface area contributed by atoms with Crippen LogP contribution in [0.15, 0.2) is 0 Å². The monoisotopic (exact) mass is 353 g/mol. The van der Waals surface area contributed by atoms with Crippen LogP contribution in [0.2, 0.25) is 0 Å². The van der Waals surface area contributed by atoms with Crippen molar-refractivity contribution in [3.8, 4) is 0 Å². The lowest BCUT2D eigenvalue weighted by atomic mass is 9.91. The van der Waals surface area contributed by atoms with Gasteiger partial charge in [-0.25, -0.2) is 4.98 Å². The normalized spacial score (nSPS) is 25.4. The van der Waals surface area contributed by atoms with Gasteiger partial charge in [0.05, 0.1) is 30.5 Å². The first-order valence-electron chi connectivity index (χ1n) is 8.64. The van der Waals surface area contributed by atoms with Gasteiger partial charge in [0.15, 0.2) is 0 Å². The number of aryl methyl sites for hydroxylation is 2. The molecule has 0 unspecified atom stereocenters. The average molecular weight is 353 g/mol. The van der Waals surface area contributed by atoms with Crippen molar-refractivity contribution in [1.82, 2.24) is 14.8 Å². The van der Waals surface area contributed by atoms with Crippen LogP contribution in [0, 0.1) is 19.8 Å². The topological polar surface area (TPSA) is 54.9 Å². The lowest BCUT2D eigenvalue weighted by Crippen LogP contribution is -2.55. The van der Waals surface area contributed by atoms with E-state index in [0.717, 1.165) is 61.4 Å². The Balaban J connectivity index is 1.73. The molecule has 134 valence electrons. The molecule has 2 fully saturated rings. The largest absolute Gasteiger partial charge is 0.383 e. The molecular weight excluding hydrogens is 326 g/mol. The van der Waals surface area contributed by atoms with Crippen molar-refractivity contribution >= 4 is 17.2 Å². The van der Waals surface area contributed by atoms with Crippen molar-refractivity contribution in [3.63, 3.8) is 0 Å². The van der Waals surface area contributed by atoms with E-state index in [1.54, 1.807) is 7.11 Å². The summed E-state index contributed by atoms with van der Waals surface area (Å²) in [6, 6.07) is 0.356. The van der Waals surface area contributed by atoms with E-state index in [9.17, 15) is 4.79 Å². The minimum Gasteiger partial charge on any atom is -0.383 e. The van der Waals surface area contributed by atoms with Gasteiger partial charge in [0.2, 0.25) is 0 Å². The van der Waals surface area contributed by atoms with Gasteiger partial charge in [-0.15, -0.1) is 11.3 Å². The van der Waals surface area contributed by atoms with E-state index in [2.05, 4.69) is 9.88 Å². The number of nitrogens with zero attached hydrogens (tertiary/aromatic N) is 3. The van der Waals surface area contributed by atoms with Gasteiger partial charge in [-0.05, 0) is 20.3 Å². The smallest absolute Gasteiger partial charge is 0.265 e. The highest BCUT2D eigenvalue weighted by Gasteiger charge is 2.37. The van der Waals surface area contributed by atoms with Crippen LogP contribution in [0.3, 0.4) is 0 Å². The highest BCUT2D eigenvalue weighted by molar-refractivity contribution is 7.13. The number of ether oxygens (including phenoxy) is 2. The predicted molar refractivity (Wildman–Crippen MR) is 93.7 cm³/mol. The maximum absolute atomic E-state index is 12.9. The molecule has 0 bridgehead atoms. The molecule has 24 heavy (non-hydrogen) atoms. The molecule has 3 heterocycles. The summed E-state index contributed by atoms with van der Waals surface area (Å²) in [7, 11) is 1.73. The highest BCUT2D eigenvalue weighted by Crippen LogP contribution is 2.27. The Hall–Kier alpha value is -1.02. The molecule has 2 atom stereocenters. The van der Waals surface area contributed by atoms with Crippen LogP contribution in [0.4, 0.5) is 0 Å². The van der Waals surface area contributed by atoms with Gasteiger partial charge in [-0.2, -0.15) is 0 Å². The molecule has 2 aliphatic heterocycles. The molecule has 0 radical (unpaired) electrons. The second kappa shape index (κ2) is 7.91. The van der Waals surface area contributed by atoms with E-state index < -0.39 is 0 Å². The molecule has 6 nitrogen and oxygen atoms in total. The molecule has 1 aromatic rings. The molecule has 0 spiro atoms. The Morgan fingerprint density at radius 2 is 2.25 bits per heavy atom. The zero-order valence-corrected chi connectivity index (χ0v) is 15.6. The Bertz CT molecular complexity index is 577. The van der Waals surface area contributed by atoms with E-state index in [1.807, 2.05) is 18.7 Å². The fourth-order valence-corrected chi connectivity index (χ4v) is 4.60. The Morgan fingerprint density at radius 1 is 1.42 bits per heavy atom. The number of hydrogen-bond acceptors (Lipinski definition) is 6. The van der Waals surface area contributed by atoms with Crippen molar-refractivity contribution in [3.05, 3.63) is 15.6 Å². The van der Waals surface area contributed by atoms with E-state index >= 15 is 0 Å². The Morgan fingerprint density at radius 3 is 2.96 bits per heavy atom. The summed E-state index contributed by atoms with van der Waals surface area (Å²) in [4.78, 5) is 22.6. The number of piperidine rings is 1. The summed E-state index contributed by atoms with van der Waals surface area (Å²) >= 11 is 1.50. The standard InChI is InChI=1S/C17H27N3O3S/c1-12-16(24-13(2)18-12)17(21)20-5-4-14-11-23-9-7-19(6-8-22-3)15(14)10-20/h14-15H,4-11H2,1-3H3/t14-,15-/m1/s1. The maximum atomic E-state index is 12.9. The van der Waals surface area contributed by atoms with Crippen LogP contribution in [0.5, 0.6) is 0 Å². The van der Waals surface area contributed by atoms with Gasteiger partial charge in [-0.1, -0.05) is 0 Å². The third-order valence-corrected chi connectivity index (χ3v) is 6.07. The lowest BCUT2D eigenvalue weighted by molar-refractivity contribution is 0.0330. The molecule has 0 aromatic carbocycles. The maximum Gasteiger partial charge on any atom is 0.265 e.